The highest BCUT2D eigenvalue weighted by atomic mass is 19.1. The summed E-state index contributed by atoms with van der Waals surface area (Å²) in [7, 11) is 1.61. The second kappa shape index (κ2) is 8.80. The molecule has 0 aliphatic carbocycles. The third kappa shape index (κ3) is 5.28. The van der Waals surface area contributed by atoms with Gasteiger partial charge < -0.3 is 15.4 Å². The Balaban J connectivity index is 1.58. The molecule has 0 unspecified atom stereocenters. The monoisotopic (exact) mass is 365 g/mol. The number of rotatable bonds is 7. The fourth-order valence-corrected chi connectivity index (χ4v) is 2.56. The fourth-order valence-electron chi connectivity index (χ4n) is 2.56. The summed E-state index contributed by atoms with van der Waals surface area (Å²) in [6.07, 6.45) is 2.20. The van der Waals surface area contributed by atoms with Gasteiger partial charge in [0.1, 0.15) is 17.3 Å². The molecular formula is C21H20FN3O2. The summed E-state index contributed by atoms with van der Waals surface area (Å²) in [4.78, 5) is 16.4. The summed E-state index contributed by atoms with van der Waals surface area (Å²) < 4.78 is 18.1. The van der Waals surface area contributed by atoms with Gasteiger partial charge >= 0.3 is 0 Å². The summed E-state index contributed by atoms with van der Waals surface area (Å²) in [5, 5.41) is 6.05. The molecule has 138 valence electrons. The van der Waals surface area contributed by atoms with Crippen LogP contribution in [0.5, 0.6) is 5.75 Å². The predicted molar refractivity (Wildman–Crippen MR) is 103 cm³/mol. The van der Waals surface area contributed by atoms with Crippen molar-refractivity contribution in [2.45, 2.75) is 6.42 Å². The fraction of sp³-hybridized carbons (Fsp3) is 0.143. The minimum atomic E-state index is -0.271. The molecule has 1 heterocycles. The molecule has 3 rings (SSSR count). The highest BCUT2D eigenvalue weighted by molar-refractivity contribution is 5.93. The van der Waals surface area contributed by atoms with Crippen LogP contribution < -0.4 is 15.4 Å². The Bertz CT molecular complexity index is 913. The van der Waals surface area contributed by atoms with E-state index in [4.69, 9.17) is 4.74 Å². The third-order valence-corrected chi connectivity index (χ3v) is 3.96. The van der Waals surface area contributed by atoms with Gasteiger partial charge in [-0.2, -0.15) is 0 Å². The highest BCUT2D eigenvalue weighted by Crippen LogP contribution is 2.21. The van der Waals surface area contributed by atoms with E-state index < -0.39 is 0 Å². The zero-order valence-electron chi connectivity index (χ0n) is 14.9. The van der Waals surface area contributed by atoms with E-state index in [1.807, 2.05) is 24.3 Å². The van der Waals surface area contributed by atoms with Crippen LogP contribution in [0.3, 0.4) is 0 Å². The molecule has 6 heteroatoms. The van der Waals surface area contributed by atoms with Crippen molar-refractivity contribution in [2.75, 3.05) is 19.0 Å². The lowest BCUT2D eigenvalue weighted by atomic mass is 10.1. The molecule has 0 atom stereocenters. The van der Waals surface area contributed by atoms with Gasteiger partial charge in [-0.3, -0.25) is 9.78 Å². The number of benzene rings is 2. The Labute approximate surface area is 157 Å². The van der Waals surface area contributed by atoms with Crippen LogP contribution in [0.15, 0.2) is 66.9 Å². The molecule has 0 saturated heterocycles. The number of hydrogen-bond acceptors (Lipinski definition) is 4. The number of aromatic nitrogens is 1. The van der Waals surface area contributed by atoms with E-state index in [9.17, 15) is 9.18 Å². The molecular weight excluding hydrogens is 345 g/mol. The van der Waals surface area contributed by atoms with E-state index in [1.54, 1.807) is 37.6 Å². The number of amides is 1. The standard InChI is InChI=1S/C21H20FN3O2/c1-27-19-4-2-3-17(13-19)25-18-10-12-23-20(14-18)21(26)24-11-9-15-5-7-16(22)8-6-15/h2-8,10,12-14H,9,11H2,1H3,(H,23,25)(H,24,26). The first kappa shape index (κ1) is 18.4. The molecule has 0 aliphatic rings. The van der Waals surface area contributed by atoms with Crippen LogP contribution in [0.4, 0.5) is 15.8 Å². The zero-order valence-corrected chi connectivity index (χ0v) is 14.9. The molecule has 27 heavy (non-hydrogen) atoms. The summed E-state index contributed by atoms with van der Waals surface area (Å²) in [5.74, 6) is 0.214. The Kier molecular flexibility index (Phi) is 5.99. The first-order chi connectivity index (χ1) is 13.1. The van der Waals surface area contributed by atoms with E-state index in [0.717, 1.165) is 22.7 Å². The lowest BCUT2D eigenvalue weighted by Gasteiger charge is -2.10. The third-order valence-electron chi connectivity index (χ3n) is 3.96. The van der Waals surface area contributed by atoms with E-state index in [1.165, 1.54) is 12.1 Å². The molecule has 2 aromatic carbocycles. The average Bonchev–Trinajstić information content (AvgIpc) is 2.70. The first-order valence-electron chi connectivity index (χ1n) is 8.54. The largest absolute Gasteiger partial charge is 0.497 e. The zero-order chi connectivity index (χ0) is 19.1. The highest BCUT2D eigenvalue weighted by Gasteiger charge is 2.08. The molecule has 0 saturated carbocycles. The second-order valence-electron chi connectivity index (χ2n) is 5.92. The Morgan fingerprint density at radius 1 is 1.07 bits per heavy atom. The van der Waals surface area contributed by atoms with Crippen molar-refractivity contribution < 1.29 is 13.9 Å². The minimum Gasteiger partial charge on any atom is -0.497 e. The smallest absolute Gasteiger partial charge is 0.269 e. The Morgan fingerprint density at radius 2 is 1.85 bits per heavy atom. The average molecular weight is 365 g/mol. The van der Waals surface area contributed by atoms with Crippen LogP contribution in [0, 0.1) is 5.82 Å². The topological polar surface area (TPSA) is 63.2 Å². The maximum absolute atomic E-state index is 12.9. The number of carbonyl (C=O) groups is 1. The van der Waals surface area contributed by atoms with Crippen LogP contribution in [0.1, 0.15) is 16.1 Å². The number of nitrogens with one attached hydrogen (secondary N) is 2. The summed E-state index contributed by atoms with van der Waals surface area (Å²) >= 11 is 0. The van der Waals surface area contributed by atoms with E-state index in [-0.39, 0.29) is 11.7 Å². The summed E-state index contributed by atoms with van der Waals surface area (Å²) in [5.41, 5.74) is 2.88. The molecule has 0 bridgehead atoms. The molecule has 5 nitrogen and oxygen atoms in total. The van der Waals surface area contributed by atoms with Crippen LogP contribution in [-0.2, 0) is 6.42 Å². The van der Waals surface area contributed by atoms with E-state index in [0.29, 0.717) is 18.7 Å². The van der Waals surface area contributed by atoms with Gasteiger partial charge in [0.05, 0.1) is 7.11 Å². The van der Waals surface area contributed by atoms with Crippen molar-refractivity contribution in [3.63, 3.8) is 0 Å². The van der Waals surface area contributed by atoms with Gasteiger partial charge in [0, 0.05) is 30.2 Å². The number of nitrogens with zero attached hydrogens (tertiary/aromatic N) is 1. The number of methoxy groups -OCH3 is 1. The van der Waals surface area contributed by atoms with Gasteiger partial charge in [-0.15, -0.1) is 0 Å². The van der Waals surface area contributed by atoms with Crippen molar-refractivity contribution in [2.24, 2.45) is 0 Å². The number of pyridine rings is 1. The van der Waals surface area contributed by atoms with Gasteiger partial charge in [0.25, 0.3) is 5.91 Å². The maximum Gasteiger partial charge on any atom is 0.269 e. The summed E-state index contributed by atoms with van der Waals surface area (Å²) in [6, 6.07) is 17.2. The van der Waals surface area contributed by atoms with Gasteiger partial charge in [-0.05, 0) is 48.4 Å². The number of anilines is 2. The lowest BCUT2D eigenvalue weighted by molar-refractivity contribution is 0.0949. The predicted octanol–water partition coefficient (Wildman–Crippen LogP) is 3.95. The van der Waals surface area contributed by atoms with E-state index >= 15 is 0 Å². The first-order valence-corrected chi connectivity index (χ1v) is 8.54. The van der Waals surface area contributed by atoms with Gasteiger partial charge in [-0.25, -0.2) is 4.39 Å². The van der Waals surface area contributed by atoms with Crippen molar-refractivity contribution in [3.05, 3.63) is 83.9 Å². The molecule has 3 aromatic rings. The Hall–Kier alpha value is -3.41. The van der Waals surface area contributed by atoms with E-state index in [2.05, 4.69) is 15.6 Å². The number of hydrogen-bond donors (Lipinski definition) is 2. The lowest BCUT2D eigenvalue weighted by Crippen LogP contribution is -2.26. The second-order valence-corrected chi connectivity index (χ2v) is 5.92. The van der Waals surface area contributed by atoms with Crippen LogP contribution in [0.25, 0.3) is 0 Å². The quantitative estimate of drug-likeness (QED) is 0.666. The van der Waals surface area contributed by atoms with Crippen molar-refractivity contribution >= 4 is 17.3 Å². The SMILES string of the molecule is COc1cccc(Nc2ccnc(C(=O)NCCc3ccc(F)cc3)c2)c1. The van der Waals surface area contributed by atoms with Gasteiger partial charge in [0.15, 0.2) is 0 Å². The summed E-state index contributed by atoms with van der Waals surface area (Å²) in [6.45, 7) is 0.444. The molecule has 0 spiro atoms. The van der Waals surface area contributed by atoms with Crippen LogP contribution in [0.2, 0.25) is 0 Å². The minimum absolute atomic E-state index is 0.258. The van der Waals surface area contributed by atoms with Crippen molar-refractivity contribution in [3.8, 4) is 5.75 Å². The number of carbonyl (C=O) groups excluding carboxylic acids is 1. The van der Waals surface area contributed by atoms with Crippen molar-refractivity contribution in [1.29, 1.82) is 0 Å². The molecule has 2 N–H and O–H groups in total. The molecule has 0 fully saturated rings. The molecule has 0 radical (unpaired) electrons. The van der Waals surface area contributed by atoms with Crippen LogP contribution in [-0.4, -0.2) is 24.5 Å². The maximum atomic E-state index is 12.9. The van der Waals surface area contributed by atoms with Crippen molar-refractivity contribution in [1.82, 2.24) is 10.3 Å². The molecule has 1 amide bonds. The Morgan fingerprint density at radius 3 is 2.63 bits per heavy atom. The normalized spacial score (nSPS) is 10.3. The number of ether oxygens (including phenoxy) is 1. The number of halogens is 1. The molecule has 0 aliphatic heterocycles. The van der Waals surface area contributed by atoms with Gasteiger partial charge in [0.2, 0.25) is 0 Å². The molecule has 1 aromatic heterocycles. The van der Waals surface area contributed by atoms with Crippen LogP contribution >= 0.6 is 0 Å². The van der Waals surface area contributed by atoms with Gasteiger partial charge in [-0.1, -0.05) is 18.2 Å².